The summed E-state index contributed by atoms with van der Waals surface area (Å²) in [6.07, 6.45) is 0. The van der Waals surface area contributed by atoms with Crippen LogP contribution in [0.5, 0.6) is 0 Å². The Morgan fingerprint density at radius 1 is 1.32 bits per heavy atom. The Balaban J connectivity index is 2.98. The van der Waals surface area contributed by atoms with Crippen molar-refractivity contribution >= 4 is 21.6 Å². The Hall–Kier alpha value is -1.44. The zero-order valence-electron chi connectivity index (χ0n) is 11.0. The van der Waals surface area contributed by atoms with Crippen LogP contribution in [0.4, 0.5) is 5.69 Å². The number of aliphatic hydroxyl groups is 1. The maximum Gasteiger partial charge on any atom is 0.243 e. The van der Waals surface area contributed by atoms with Gasteiger partial charge in [-0.1, -0.05) is 6.92 Å². The fourth-order valence-corrected chi connectivity index (χ4v) is 3.06. The van der Waals surface area contributed by atoms with Crippen molar-refractivity contribution in [3.05, 3.63) is 24.3 Å². The highest BCUT2D eigenvalue weighted by atomic mass is 32.2. The summed E-state index contributed by atoms with van der Waals surface area (Å²) in [6.45, 7) is 3.21. The van der Waals surface area contributed by atoms with Crippen molar-refractivity contribution < 1.29 is 18.3 Å². The van der Waals surface area contributed by atoms with E-state index in [1.165, 1.54) is 35.5 Å². The number of anilines is 1. The van der Waals surface area contributed by atoms with E-state index in [4.69, 9.17) is 5.11 Å². The molecule has 0 saturated carbocycles. The van der Waals surface area contributed by atoms with Crippen LogP contribution in [0.2, 0.25) is 0 Å². The first-order chi connectivity index (χ1) is 8.91. The molecule has 1 rings (SSSR count). The van der Waals surface area contributed by atoms with Crippen molar-refractivity contribution in [3.63, 3.8) is 0 Å². The third-order valence-electron chi connectivity index (χ3n) is 2.51. The summed E-state index contributed by atoms with van der Waals surface area (Å²) in [5.41, 5.74) is 0.539. The van der Waals surface area contributed by atoms with Gasteiger partial charge in [-0.2, -0.15) is 4.31 Å². The molecule has 1 aromatic carbocycles. The lowest BCUT2D eigenvalue weighted by Gasteiger charge is -2.19. The zero-order valence-corrected chi connectivity index (χ0v) is 11.8. The summed E-state index contributed by atoms with van der Waals surface area (Å²) < 4.78 is 25.6. The van der Waals surface area contributed by atoms with Gasteiger partial charge in [-0.15, -0.1) is 0 Å². The third-order valence-corrected chi connectivity index (χ3v) is 4.50. The number of rotatable bonds is 6. The molecule has 0 aliphatic carbocycles. The second-order valence-electron chi connectivity index (χ2n) is 3.93. The van der Waals surface area contributed by atoms with Crippen molar-refractivity contribution in [2.45, 2.75) is 18.7 Å². The van der Waals surface area contributed by atoms with Gasteiger partial charge >= 0.3 is 0 Å². The van der Waals surface area contributed by atoms with E-state index in [0.29, 0.717) is 5.69 Å². The van der Waals surface area contributed by atoms with Crippen LogP contribution in [-0.4, -0.2) is 43.4 Å². The summed E-state index contributed by atoms with van der Waals surface area (Å²) in [4.78, 5) is 11.0. The number of sulfonamides is 1. The molecular formula is C12H18N2O4S. The van der Waals surface area contributed by atoms with E-state index >= 15 is 0 Å². The largest absolute Gasteiger partial charge is 0.395 e. The quantitative estimate of drug-likeness (QED) is 0.804. The van der Waals surface area contributed by atoms with Crippen LogP contribution < -0.4 is 5.32 Å². The molecule has 0 bridgehead atoms. The number of hydrogen-bond donors (Lipinski definition) is 2. The molecule has 1 amide bonds. The second kappa shape index (κ2) is 6.65. The molecule has 0 aliphatic heterocycles. The monoisotopic (exact) mass is 286 g/mol. The number of nitrogens with zero attached hydrogens (tertiary/aromatic N) is 1. The maximum absolute atomic E-state index is 12.2. The zero-order chi connectivity index (χ0) is 14.5. The molecule has 0 unspecified atom stereocenters. The predicted molar refractivity (Wildman–Crippen MR) is 72.3 cm³/mol. The number of hydrogen-bond acceptors (Lipinski definition) is 4. The lowest BCUT2D eigenvalue weighted by atomic mass is 10.3. The van der Waals surface area contributed by atoms with Crippen molar-refractivity contribution in [2.75, 3.05) is 25.0 Å². The van der Waals surface area contributed by atoms with Gasteiger partial charge in [0.2, 0.25) is 15.9 Å². The molecule has 0 saturated heterocycles. The molecule has 7 heteroatoms. The minimum atomic E-state index is -3.60. The van der Waals surface area contributed by atoms with Gasteiger partial charge in [0.05, 0.1) is 11.5 Å². The van der Waals surface area contributed by atoms with Crippen molar-refractivity contribution in [1.29, 1.82) is 0 Å². The molecule has 106 valence electrons. The van der Waals surface area contributed by atoms with Crippen LogP contribution in [-0.2, 0) is 14.8 Å². The summed E-state index contributed by atoms with van der Waals surface area (Å²) >= 11 is 0. The molecule has 0 aliphatic rings. The molecule has 6 nitrogen and oxygen atoms in total. The summed E-state index contributed by atoms with van der Waals surface area (Å²) in [5, 5.41) is 11.4. The first-order valence-corrected chi connectivity index (χ1v) is 7.34. The third kappa shape index (κ3) is 4.02. The van der Waals surface area contributed by atoms with Crippen molar-refractivity contribution in [1.82, 2.24) is 4.31 Å². The highest BCUT2D eigenvalue weighted by molar-refractivity contribution is 7.89. The maximum atomic E-state index is 12.2. The Morgan fingerprint density at radius 2 is 1.89 bits per heavy atom. The molecule has 1 aromatic rings. The molecular weight excluding hydrogens is 268 g/mol. The van der Waals surface area contributed by atoms with Gasteiger partial charge in [0.15, 0.2) is 0 Å². The highest BCUT2D eigenvalue weighted by Crippen LogP contribution is 2.18. The second-order valence-corrected chi connectivity index (χ2v) is 5.86. The van der Waals surface area contributed by atoms with Gasteiger partial charge in [0.25, 0.3) is 0 Å². The standard InChI is InChI=1S/C12H18N2O4S/c1-3-14(8-9-15)19(17,18)12-6-4-11(5-7-12)13-10(2)16/h4-7,15H,3,8-9H2,1-2H3,(H,13,16). The molecule has 0 fully saturated rings. The predicted octanol–water partition coefficient (Wildman–Crippen LogP) is 0.648. The molecule has 2 N–H and O–H groups in total. The van der Waals surface area contributed by atoms with Gasteiger partial charge in [-0.05, 0) is 24.3 Å². The minimum Gasteiger partial charge on any atom is -0.395 e. The van der Waals surface area contributed by atoms with Crippen LogP contribution in [0.3, 0.4) is 0 Å². The van der Waals surface area contributed by atoms with Gasteiger partial charge in [0, 0.05) is 25.7 Å². The van der Waals surface area contributed by atoms with E-state index < -0.39 is 10.0 Å². The summed E-state index contributed by atoms with van der Waals surface area (Å²) in [5.74, 6) is -0.217. The average Bonchev–Trinajstić information content (AvgIpc) is 2.35. The Bertz CT molecular complexity index is 525. The molecule has 0 aromatic heterocycles. The Morgan fingerprint density at radius 3 is 2.32 bits per heavy atom. The van der Waals surface area contributed by atoms with Crippen molar-refractivity contribution in [3.8, 4) is 0 Å². The highest BCUT2D eigenvalue weighted by Gasteiger charge is 2.22. The number of carbonyl (C=O) groups excluding carboxylic acids is 1. The number of carbonyl (C=O) groups is 1. The normalized spacial score (nSPS) is 11.6. The van der Waals surface area contributed by atoms with E-state index in [-0.39, 0.29) is 30.5 Å². The van der Waals surface area contributed by atoms with Gasteiger partial charge in [0.1, 0.15) is 0 Å². The SMILES string of the molecule is CCN(CCO)S(=O)(=O)c1ccc(NC(C)=O)cc1. The Kier molecular flexibility index (Phi) is 5.46. The number of nitrogens with one attached hydrogen (secondary N) is 1. The minimum absolute atomic E-state index is 0.0618. The van der Waals surface area contributed by atoms with Crippen LogP contribution in [0.15, 0.2) is 29.2 Å². The van der Waals surface area contributed by atoms with E-state index in [2.05, 4.69) is 5.32 Å². The molecule has 0 spiro atoms. The lowest BCUT2D eigenvalue weighted by Crippen LogP contribution is -2.33. The van der Waals surface area contributed by atoms with Gasteiger partial charge in [-0.25, -0.2) is 8.42 Å². The molecule has 0 radical (unpaired) electrons. The van der Waals surface area contributed by atoms with E-state index in [1.807, 2.05) is 0 Å². The fraction of sp³-hybridized carbons (Fsp3) is 0.417. The first-order valence-electron chi connectivity index (χ1n) is 5.90. The molecule has 0 heterocycles. The topological polar surface area (TPSA) is 86.7 Å². The number of amides is 1. The van der Waals surface area contributed by atoms with Crippen LogP contribution in [0.1, 0.15) is 13.8 Å². The van der Waals surface area contributed by atoms with Crippen molar-refractivity contribution in [2.24, 2.45) is 0 Å². The van der Waals surface area contributed by atoms with E-state index in [0.717, 1.165) is 0 Å². The number of likely N-dealkylation sites (N-methyl/N-ethyl adjacent to an activating group) is 1. The molecule has 0 atom stereocenters. The fourth-order valence-electron chi connectivity index (χ4n) is 1.62. The van der Waals surface area contributed by atoms with Crippen LogP contribution >= 0.6 is 0 Å². The Labute approximate surface area is 113 Å². The van der Waals surface area contributed by atoms with Gasteiger partial charge < -0.3 is 10.4 Å². The lowest BCUT2D eigenvalue weighted by molar-refractivity contribution is -0.114. The van der Waals surface area contributed by atoms with Crippen LogP contribution in [0.25, 0.3) is 0 Å². The molecule has 19 heavy (non-hydrogen) atoms. The number of aliphatic hydroxyl groups excluding tert-OH is 1. The van der Waals surface area contributed by atoms with Crippen LogP contribution in [0, 0.1) is 0 Å². The summed E-state index contributed by atoms with van der Waals surface area (Å²) in [6, 6.07) is 5.92. The number of benzene rings is 1. The smallest absolute Gasteiger partial charge is 0.243 e. The summed E-state index contributed by atoms with van der Waals surface area (Å²) in [7, 11) is -3.60. The van der Waals surface area contributed by atoms with E-state index in [9.17, 15) is 13.2 Å². The average molecular weight is 286 g/mol. The van der Waals surface area contributed by atoms with Gasteiger partial charge in [-0.3, -0.25) is 4.79 Å². The van der Waals surface area contributed by atoms with E-state index in [1.54, 1.807) is 6.92 Å². The first kappa shape index (κ1) is 15.6.